The van der Waals surface area contributed by atoms with Gasteiger partial charge in [0.15, 0.2) is 0 Å². The molecule has 1 aromatic rings. The van der Waals surface area contributed by atoms with Crippen LogP contribution in [-0.2, 0) is 6.54 Å². The minimum Gasteiger partial charge on any atom is -0.312 e. The zero-order valence-electron chi connectivity index (χ0n) is 9.40. The van der Waals surface area contributed by atoms with Gasteiger partial charge in [0, 0.05) is 18.4 Å². The largest absolute Gasteiger partial charge is 0.312 e. The Labute approximate surface area is 86.5 Å². The van der Waals surface area contributed by atoms with Crippen molar-refractivity contribution in [3.8, 4) is 0 Å². The van der Waals surface area contributed by atoms with Gasteiger partial charge < -0.3 is 5.32 Å². The van der Waals surface area contributed by atoms with Crippen molar-refractivity contribution in [2.24, 2.45) is 5.92 Å². The van der Waals surface area contributed by atoms with Crippen molar-refractivity contribution in [2.45, 2.75) is 39.8 Å². The second-order valence-corrected chi connectivity index (χ2v) is 3.78. The molecule has 1 aromatic heterocycles. The van der Waals surface area contributed by atoms with Crippen LogP contribution >= 0.6 is 0 Å². The molecule has 0 amide bonds. The Morgan fingerprint density at radius 1 is 1.43 bits per heavy atom. The summed E-state index contributed by atoms with van der Waals surface area (Å²) in [6, 6.07) is 2.50. The lowest BCUT2D eigenvalue weighted by atomic mass is 9.99. The lowest BCUT2D eigenvalue weighted by molar-refractivity contribution is 0.323. The second-order valence-electron chi connectivity index (χ2n) is 3.78. The topological polar surface area (TPSA) is 29.9 Å². The molecule has 1 N–H and O–H groups in total. The molecule has 2 atom stereocenters. The Morgan fingerprint density at radius 3 is 2.71 bits per heavy atom. The average molecular weight is 195 g/mol. The van der Waals surface area contributed by atoms with E-state index in [0.717, 1.165) is 13.1 Å². The third-order valence-corrected chi connectivity index (χ3v) is 2.74. The molecular weight excluding hydrogens is 174 g/mol. The van der Waals surface area contributed by atoms with E-state index in [9.17, 15) is 0 Å². The van der Waals surface area contributed by atoms with Crippen LogP contribution in [0.1, 0.15) is 27.2 Å². The van der Waals surface area contributed by atoms with E-state index in [2.05, 4.69) is 31.2 Å². The number of rotatable bonds is 6. The monoisotopic (exact) mass is 195 g/mol. The standard InChI is InChI=1S/C11H21N3/c1-4-10(3)11(12-5-2)9-14-8-6-7-13-14/h6-8,10-12H,4-5,9H2,1-3H3. The Bertz CT molecular complexity index is 231. The predicted octanol–water partition coefficient (Wildman–Crippen LogP) is 1.91. The molecule has 0 spiro atoms. The van der Waals surface area contributed by atoms with E-state index in [-0.39, 0.29) is 0 Å². The molecule has 1 rings (SSSR count). The molecule has 0 radical (unpaired) electrons. The van der Waals surface area contributed by atoms with Gasteiger partial charge in [-0.05, 0) is 18.5 Å². The van der Waals surface area contributed by atoms with Gasteiger partial charge in [0.25, 0.3) is 0 Å². The Kier molecular flexibility index (Phi) is 4.66. The van der Waals surface area contributed by atoms with Crippen molar-refractivity contribution in [3.05, 3.63) is 18.5 Å². The zero-order chi connectivity index (χ0) is 10.4. The SMILES string of the molecule is CCNC(Cn1cccn1)C(C)CC. The number of nitrogens with one attached hydrogen (secondary N) is 1. The first kappa shape index (κ1) is 11.2. The predicted molar refractivity (Wildman–Crippen MR) is 59.1 cm³/mol. The van der Waals surface area contributed by atoms with Crippen LogP contribution in [0.3, 0.4) is 0 Å². The van der Waals surface area contributed by atoms with Crippen LogP contribution in [0, 0.1) is 5.92 Å². The van der Waals surface area contributed by atoms with Crippen molar-refractivity contribution in [1.29, 1.82) is 0 Å². The Balaban J connectivity index is 2.50. The van der Waals surface area contributed by atoms with Gasteiger partial charge in [0.1, 0.15) is 0 Å². The molecule has 3 heteroatoms. The molecule has 14 heavy (non-hydrogen) atoms. The maximum Gasteiger partial charge on any atom is 0.0565 e. The first-order valence-corrected chi connectivity index (χ1v) is 5.48. The highest BCUT2D eigenvalue weighted by atomic mass is 15.3. The molecule has 0 aliphatic rings. The first-order valence-electron chi connectivity index (χ1n) is 5.48. The fourth-order valence-electron chi connectivity index (χ4n) is 1.60. The highest BCUT2D eigenvalue weighted by Gasteiger charge is 2.14. The lowest BCUT2D eigenvalue weighted by Crippen LogP contribution is -2.38. The summed E-state index contributed by atoms with van der Waals surface area (Å²) < 4.78 is 2.00. The normalized spacial score (nSPS) is 15.4. The Hall–Kier alpha value is -0.830. The molecule has 3 nitrogen and oxygen atoms in total. The van der Waals surface area contributed by atoms with Crippen molar-refractivity contribution in [1.82, 2.24) is 15.1 Å². The molecule has 0 fully saturated rings. The van der Waals surface area contributed by atoms with Crippen LogP contribution in [0.15, 0.2) is 18.5 Å². The zero-order valence-corrected chi connectivity index (χ0v) is 9.40. The van der Waals surface area contributed by atoms with Gasteiger partial charge in [0.2, 0.25) is 0 Å². The number of likely N-dealkylation sites (N-methyl/N-ethyl adjacent to an activating group) is 1. The van der Waals surface area contributed by atoms with E-state index in [0.29, 0.717) is 12.0 Å². The van der Waals surface area contributed by atoms with E-state index in [1.54, 1.807) is 0 Å². The Morgan fingerprint density at radius 2 is 2.21 bits per heavy atom. The van der Waals surface area contributed by atoms with Gasteiger partial charge in [-0.2, -0.15) is 5.10 Å². The van der Waals surface area contributed by atoms with Gasteiger partial charge in [-0.3, -0.25) is 4.68 Å². The molecular formula is C11H21N3. The van der Waals surface area contributed by atoms with Gasteiger partial charge >= 0.3 is 0 Å². The fraction of sp³-hybridized carbons (Fsp3) is 0.727. The highest BCUT2D eigenvalue weighted by molar-refractivity contribution is 4.81. The summed E-state index contributed by atoms with van der Waals surface area (Å²) in [5.41, 5.74) is 0. The lowest BCUT2D eigenvalue weighted by Gasteiger charge is -2.23. The van der Waals surface area contributed by atoms with Crippen molar-refractivity contribution in [3.63, 3.8) is 0 Å². The summed E-state index contributed by atoms with van der Waals surface area (Å²) in [5, 5.41) is 7.74. The van der Waals surface area contributed by atoms with Crippen molar-refractivity contribution >= 4 is 0 Å². The van der Waals surface area contributed by atoms with Gasteiger partial charge in [-0.25, -0.2) is 0 Å². The van der Waals surface area contributed by atoms with Gasteiger partial charge in [-0.15, -0.1) is 0 Å². The summed E-state index contributed by atoms with van der Waals surface area (Å²) in [7, 11) is 0. The van der Waals surface area contributed by atoms with E-state index in [1.165, 1.54) is 6.42 Å². The first-order chi connectivity index (χ1) is 6.77. The van der Waals surface area contributed by atoms with Gasteiger partial charge in [0.05, 0.1) is 6.54 Å². The third-order valence-electron chi connectivity index (χ3n) is 2.74. The summed E-state index contributed by atoms with van der Waals surface area (Å²) in [6.45, 7) is 8.67. The minimum atomic E-state index is 0.532. The molecule has 0 aliphatic carbocycles. The van der Waals surface area contributed by atoms with Crippen LogP contribution in [-0.4, -0.2) is 22.4 Å². The minimum absolute atomic E-state index is 0.532. The van der Waals surface area contributed by atoms with Crippen molar-refractivity contribution in [2.75, 3.05) is 6.54 Å². The van der Waals surface area contributed by atoms with Gasteiger partial charge in [-0.1, -0.05) is 27.2 Å². The van der Waals surface area contributed by atoms with E-state index >= 15 is 0 Å². The summed E-state index contributed by atoms with van der Waals surface area (Å²) in [5.74, 6) is 0.694. The van der Waals surface area contributed by atoms with Crippen LogP contribution in [0.2, 0.25) is 0 Å². The number of hydrogen-bond acceptors (Lipinski definition) is 2. The summed E-state index contributed by atoms with van der Waals surface area (Å²) in [4.78, 5) is 0. The molecule has 0 saturated carbocycles. The van der Waals surface area contributed by atoms with Crippen LogP contribution < -0.4 is 5.32 Å². The van der Waals surface area contributed by atoms with Crippen LogP contribution in [0.4, 0.5) is 0 Å². The quantitative estimate of drug-likeness (QED) is 0.751. The van der Waals surface area contributed by atoms with Crippen molar-refractivity contribution < 1.29 is 0 Å². The molecule has 0 aliphatic heterocycles. The average Bonchev–Trinajstić information content (AvgIpc) is 2.68. The molecule has 0 saturated heterocycles. The maximum absolute atomic E-state index is 4.23. The summed E-state index contributed by atoms with van der Waals surface area (Å²) >= 11 is 0. The molecule has 2 unspecified atom stereocenters. The molecule has 1 heterocycles. The fourth-order valence-corrected chi connectivity index (χ4v) is 1.60. The number of hydrogen-bond donors (Lipinski definition) is 1. The van der Waals surface area contributed by atoms with Crippen LogP contribution in [0.25, 0.3) is 0 Å². The number of nitrogens with zero attached hydrogens (tertiary/aromatic N) is 2. The highest BCUT2D eigenvalue weighted by Crippen LogP contribution is 2.09. The molecule has 0 bridgehead atoms. The van der Waals surface area contributed by atoms with E-state index in [4.69, 9.17) is 0 Å². The smallest absolute Gasteiger partial charge is 0.0565 e. The maximum atomic E-state index is 4.23. The van der Waals surface area contributed by atoms with E-state index in [1.807, 2.05) is 23.1 Å². The van der Waals surface area contributed by atoms with Crippen LogP contribution in [0.5, 0.6) is 0 Å². The molecule has 80 valence electrons. The summed E-state index contributed by atoms with van der Waals surface area (Å²) in [6.07, 6.45) is 5.06. The number of aromatic nitrogens is 2. The van der Waals surface area contributed by atoms with E-state index < -0.39 is 0 Å². The third kappa shape index (κ3) is 3.14. The molecule has 0 aromatic carbocycles. The second kappa shape index (κ2) is 5.81.